The molecule has 0 saturated carbocycles. The van der Waals surface area contributed by atoms with E-state index in [2.05, 4.69) is 22.0 Å². The van der Waals surface area contributed by atoms with Gasteiger partial charge in [-0.2, -0.15) is 0 Å². The fraction of sp³-hybridized carbons (Fsp3) is 0.286. The van der Waals surface area contributed by atoms with Crippen molar-refractivity contribution in [2.75, 3.05) is 31.6 Å². The molecule has 0 aliphatic carbocycles. The summed E-state index contributed by atoms with van der Waals surface area (Å²) in [5, 5.41) is 0. The van der Waals surface area contributed by atoms with Crippen molar-refractivity contribution in [2.45, 2.75) is 6.42 Å². The Hall–Kier alpha value is -3.15. The zero-order chi connectivity index (χ0) is 18.8. The quantitative estimate of drug-likeness (QED) is 0.715. The summed E-state index contributed by atoms with van der Waals surface area (Å²) >= 11 is 0. The number of aromatic nitrogens is 2. The SMILES string of the molecule is CN(C[C@@H]1CCN(c2ccccc2)C1)C(=O)c1cnc2ccccn2c1=O. The molecule has 6 nitrogen and oxygen atoms in total. The Bertz CT molecular complexity index is 1020. The van der Waals surface area contributed by atoms with Gasteiger partial charge in [0.1, 0.15) is 11.2 Å². The number of para-hydroxylation sites is 1. The van der Waals surface area contributed by atoms with Crippen LogP contribution in [-0.2, 0) is 0 Å². The number of nitrogens with zero attached hydrogens (tertiary/aromatic N) is 4. The molecule has 1 aliphatic heterocycles. The first-order chi connectivity index (χ1) is 13.1. The van der Waals surface area contributed by atoms with Crippen molar-refractivity contribution < 1.29 is 4.79 Å². The van der Waals surface area contributed by atoms with E-state index >= 15 is 0 Å². The number of amides is 1. The zero-order valence-electron chi connectivity index (χ0n) is 15.3. The van der Waals surface area contributed by atoms with Gasteiger partial charge in [0.05, 0.1) is 0 Å². The average molecular weight is 362 g/mol. The van der Waals surface area contributed by atoms with Gasteiger partial charge in [0.15, 0.2) is 0 Å². The predicted molar refractivity (Wildman–Crippen MR) is 105 cm³/mol. The molecule has 1 fully saturated rings. The molecule has 138 valence electrons. The molecule has 1 saturated heterocycles. The van der Waals surface area contributed by atoms with Gasteiger partial charge in [-0.25, -0.2) is 4.98 Å². The fourth-order valence-corrected chi connectivity index (χ4v) is 3.70. The van der Waals surface area contributed by atoms with Crippen LogP contribution < -0.4 is 10.5 Å². The minimum absolute atomic E-state index is 0.110. The highest BCUT2D eigenvalue weighted by Crippen LogP contribution is 2.24. The number of carbonyl (C=O) groups is 1. The number of hydrogen-bond acceptors (Lipinski definition) is 4. The molecule has 0 radical (unpaired) electrons. The van der Waals surface area contributed by atoms with Crippen LogP contribution in [0.3, 0.4) is 0 Å². The van der Waals surface area contributed by atoms with Gasteiger partial charge < -0.3 is 9.80 Å². The minimum atomic E-state index is -0.324. The van der Waals surface area contributed by atoms with Crippen molar-refractivity contribution in [3.05, 3.63) is 76.8 Å². The highest BCUT2D eigenvalue weighted by molar-refractivity contribution is 5.93. The molecular weight excluding hydrogens is 340 g/mol. The largest absolute Gasteiger partial charge is 0.371 e. The van der Waals surface area contributed by atoms with Crippen molar-refractivity contribution in [1.82, 2.24) is 14.3 Å². The lowest BCUT2D eigenvalue weighted by Gasteiger charge is -2.22. The van der Waals surface area contributed by atoms with Crippen LogP contribution in [-0.4, -0.2) is 46.9 Å². The van der Waals surface area contributed by atoms with E-state index in [1.54, 1.807) is 30.3 Å². The fourth-order valence-electron chi connectivity index (χ4n) is 3.70. The van der Waals surface area contributed by atoms with Crippen molar-refractivity contribution in [3.8, 4) is 0 Å². The molecule has 0 N–H and O–H groups in total. The second-order valence-corrected chi connectivity index (χ2v) is 7.03. The topological polar surface area (TPSA) is 57.9 Å². The molecule has 2 aromatic heterocycles. The highest BCUT2D eigenvalue weighted by Gasteiger charge is 2.26. The van der Waals surface area contributed by atoms with E-state index in [0.29, 0.717) is 18.1 Å². The molecule has 0 bridgehead atoms. The van der Waals surface area contributed by atoms with E-state index in [0.717, 1.165) is 19.5 Å². The first-order valence-electron chi connectivity index (χ1n) is 9.15. The van der Waals surface area contributed by atoms with Gasteiger partial charge in [-0.3, -0.25) is 14.0 Å². The smallest absolute Gasteiger partial charge is 0.270 e. The van der Waals surface area contributed by atoms with Gasteiger partial charge in [-0.05, 0) is 36.6 Å². The summed E-state index contributed by atoms with van der Waals surface area (Å²) in [6.07, 6.45) is 4.05. The Labute approximate surface area is 157 Å². The summed E-state index contributed by atoms with van der Waals surface area (Å²) in [5.41, 5.74) is 1.54. The number of benzene rings is 1. The number of anilines is 1. The molecule has 6 heteroatoms. The summed E-state index contributed by atoms with van der Waals surface area (Å²) in [6.45, 7) is 2.52. The molecule has 1 amide bonds. The molecule has 1 atom stereocenters. The number of carbonyl (C=O) groups excluding carboxylic acids is 1. The van der Waals surface area contributed by atoms with E-state index in [-0.39, 0.29) is 17.0 Å². The monoisotopic (exact) mass is 362 g/mol. The van der Waals surface area contributed by atoms with Crippen molar-refractivity contribution in [2.24, 2.45) is 5.92 Å². The summed E-state index contributed by atoms with van der Waals surface area (Å²) in [4.78, 5) is 33.6. The third-order valence-electron chi connectivity index (χ3n) is 5.13. The molecule has 1 aliphatic rings. The Morgan fingerprint density at radius 3 is 2.78 bits per heavy atom. The average Bonchev–Trinajstić information content (AvgIpc) is 3.17. The lowest BCUT2D eigenvalue weighted by molar-refractivity contribution is 0.0774. The van der Waals surface area contributed by atoms with Crippen LogP contribution in [0.2, 0.25) is 0 Å². The lowest BCUT2D eigenvalue weighted by Crippen LogP contribution is -2.37. The number of rotatable bonds is 4. The van der Waals surface area contributed by atoms with Crippen molar-refractivity contribution in [3.63, 3.8) is 0 Å². The van der Waals surface area contributed by atoms with E-state index in [9.17, 15) is 9.59 Å². The molecule has 4 rings (SSSR count). The van der Waals surface area contributed by atoms with Crippen LogP contribution in [0, 0.1) is 5.92 Å². The standard InChI is InChI=1S/C21H22N4O2/c1-23(14-16-10-12-24(15-16)17-7-3-2-4-8-17)20(26)18-13-22-19-9-5-6-11-25(19)21(18)27/h2-9,11,13,16H,10,12,14-15H2,1H3/t16-/m0/s1. The maximum absolute atomic E-state index is 12.8. The van der Waals surface area contributed by atoms with Crippen LogP contribution in [0.4, 0.5) is 5.69 Å². The first-order valence-corrected chi connectivity index (χ1v) is 9.15. The van der Waals surface area contributed by atoms with Gasteiger partial charge in [0, 0.05) is 44.8 Å². The summed E-state index contributed by atoms with van der Waals surface area (Å²) in [7, 11) is 1.76. The van der Waals surface area contributed by atoms with E-state index in [1.165, 1.54) is 16.3 Å². The number of fused-ring (bicyclic) bond motifs is 1. The van der Waals surface area contributed by atoms with E-state index < -0.39 is 0 Å². The highest BCUT2D eigenvalue weighted by atomic mass is 16.2. The lowest BCUT2D eigenvalue weighted by atomic mass is 10.1. The third kappa shape index (κ3) is 3.43. The van der Waals surface area contributed by atoms with Crippen molar-refractivity contribution >= 4 is 17.2 Å². The molecule has 0 spiro atoms. The summed E-state index contributed by atoms with van der Waals surface area (Å²) < 4.78 is 1.41. The Kier molecular flexibility index (Phi) is 4.62. The molecular formula is C21H22N4O2. The maximum atomic E-state index is 12.8. The van der Waals surface area contributed by atoms with Crippen LogP contribution >= 0.6 is 0 Å². The van der Waals surface area contributed by atoms with Crippen LogP contribution in [0.1, 0.15) is 16.8 Å². The third-order valence-corrected chi connectivity index (χ3v) is 5.13. The van der Waals surface area contributed by atoms with E-state index in [1.807, 2.05) is 24.3 Å². The second-order valence-electron chi connectivity index (χ2n) is 7.03. The van der Waals surface area contributed by atoms with Gasteiger partial charge in [-0.15, -0.1) is 0 Å². The first kappa shape index (κ1) is 17.3. The van der Waals surface area contributed by atoms with Crippen LogP contribution in [0.5, 0.6) is 0 Å². The molecule has 27 heavy (non-hydrogen) atoms. The molecule has 0 unspecified atom stereocenters. The Balaban J connectivity index is 1.46. The predicted octanol–water partition coefficient (Wildman–Crippen LogP) is 2.29. The number of pyridine rings is 1. The van der Waals surface area contributed by atoms with Crippen LogP contribution in [0.25, 0.3) is 5.65 Å². The molecule has 3 aromatic rings. The van der Waals surface area contributed by atoms with Crippen molar-refractivity contribution in [1.29, 1.82) is 0 Å². The minimum Gasteiger partial charge on any atom is -0.371 e. The summed E-state index contributed by atoms with van der Waals surface area (Å²) in [5.74, 6) is 0.110. The Morgan fingerprint density at radius 2 is 1.96 bits per heavy atom. The maximum Gasteiger partial charge on any atom is 0.270 e. The summed E-state index contributed by atoms with van der Waals surface area (Å²) in [6, 6.07) is 15.6. The molecule has 3 heterocycles. The molecule has 1 aromatic carbocycles. The van der Waals surface area contributed by atoms with Gasteiger partial charge in [0.2, 0.25) is 0 Å². The van der Waals surface area contributed by atoms with E-state index in [4.69, 9.17) is 0 Å². The zero-order valence-corrected chi connectivity index (χ0v) is 15.3. The van der Waals surface area contributed by atoms with Gasteiger partial charge in [-0.1, -0.05) is 24.3 Å². The van der Waals surface area contributed by atoms with Crippen LogP contribution in [0.15, 0.2) is 65.7 Å². The second kappa shape index (κ2) is 7.23. The normalized spacial score (nSPS) is 16.6. The van der Waals surface area contributed by atoms with Gasteiger partial charge >= 0.3 is 0 Å². The number of hydrogen-bond donors (Lipinski definition) is 0. The van der Waals surface area contributed by atoms with Gasteiger partial charge in [0.25, 0.3) is 11.5 Å². The Morgan fingerprint density at radius 1 is 1.19 bits per heavy atom.